The van der Waals surface area contributed by atoms with Crippen molar-refractivity contribution in [3.05, 3.63) is 28.8 Å². The van der Waals surface area contributed by atoms with Crippen molar-refractivity contribution >= 4 is 0 Å². The van der Waals surface area contributed by atoms with Crippen LogP contribution in [0.15, 0.2) is 12.1 Å². The summed E-state index contributed by atoms with van der Waals surface area (Å²) in [4.78, 5) is 0. The highest BCUT2D eigenvalue weighted by Crippen LogP contribution is 2.32. The number of rotatable bonds is 7. The molecule has 7 heteroatoms. The zero-order valence-corrected chi connectivity index (χ0v) is 12.4. The Kier molecular flexibility index (Phi) is 6.44. The van der Waals surface area contributed by atoms with Gasteiger partial charge in [-0.2, -0.15) is 13.2 Å². The quantitative estimate of drug-likeness (QED) is 0.462. The number of methoxy groups -OCH3 is 1. The largest absolute Gasteiger partial charge is 0.496 e. The Balaban J connectivity index is 2.74. The molecular weight excluding hydrogens is 285 g/mol. The van der Waals surface area contributed by atoms with E-state index in [1.165, 1.54) is 0 Å². The Morgan fingerprint density at radius 1 is 1.29 bits per heavy atom. The number of halogens is 3. The van der Waals surface area contributed by atoms with Crippen LogP contribution in [0.4, 0.5) is 13.2 Å². The Labute approximate surface area is 122 Å². The third kappa shape index (κ3) is 5.18. The van der Waals surface area contributed by atoms with Gasteiger partial charge in [-0.1, -0.05) is 12.1 Å². The van der Waals surface area contributed by atoms with Crippen molar-refractivity contribution in [2.24, 2.45) is 5.84 Å². The van der Waals surface area contributed by atoms with Gasteiger partial charge in [0.25, 0.3) is 0 Å². The molecule has 0 heterocycles. The SMILES string of the molecule is COc1c(C(CCOCC(F)(F)F)NN)ccc(C)c1C. The molecule has 3 N–H and O–H groups in total. The first kappa shape index (κ1) is 17.7. The Morgan fingerprint density at radius 2 is 1.95 bits per heavy atom. The first-order chi connectivity index (χ1) is 9.80. The van der Waals surface area contributed by atoms with Gasteiger partial charge < -0.3 is 9.47 Å². The molecule has 0 radical (unpaired) electrons. The summed E-state index contributed by atoms with van der Waals surface area (Å²) in [5.74, 6) is 6.19. The van der Waals surface area contributed by atoms with Gasteiger partial charge in [0.15, 0.2) is 0 Å². The minimum Gasteiger partial charge on any atom is -0.496 e. The van der Waals surface area contributed by atoms with Gasteiger partial charge in [0.1, 0.15) is 12.4 Å². The van der Waals surface area contributed by atoms with Gasteiger partial charge in [-0.05, 0) is 31.4 Å². The standard InChI is InChI=1S/C14H21F3N2O2/c1-9-4-5-11(13(20-3)10(9)2)12(19-18)6-7-21-8-14(15,16)17/h4-5,12,19H,6-8,18H2,1-3H3. The van der Waals surface area contributed by atoms with Crippen LogP contribution in [0, 0.1) is 13.8 Å². The van der Waals surface area contributed by atoms with Gasteiger partial charge in [-0.3, -0.25) is 11.3 Å². The second kappa shape index (κ2) is 7.63. The molecular formula is C14H21F3N2O2. The second-order valence-electron chi connectivity index (χ2n) is 4.81. The van der Waals surface area contributed by atoms with Gasteiger partial charge in [0, 0.05) is 12.2 Å². The minimum absolute atomic E-state index is 0.0511. The summed E-state index contributed by atoms with van der Waals surface area (Å²) < 4.78 is 46.0. The van der Waals surface area contributed by atoms with E-state index in [0.29, 0.717) is 12.2 Å². The van der Waals surface area contributed by atoms with Crippen molar-refractivity contribution in [2.45, 2.75) is 32.5 Å². The lowest BCUT2D eigenvalue weighted by Crippen LogP contribution is -2.30. The lowest BCUT2D eigenvalue weighted by atomic mass is 9.98. The molecule has 0 saturated heterocycles. The van der Waals surface area contributed by atoms with Crippen LogP contribution in [-0.2, 0) is 4.74 Å². The van der Waals surface area contributed by atoms with Gasteiger partial charge in [0.2, 0.25) is 0 Å². The molecule has 0 bridgehead atoms. The average Bonchev–Trinajstić information content (AvgIpc) is 2.41. The molecule has 0 aliphatic carbocycles. The zero-order valence-electron chi connectivity index (χ0n) is 12.4. The molecule has 1 aromatic carbocycles. The van der Waals surface area contributed by atoms with E-state index in [9.17, 15) is 13.2 Å². The molecule has 0 fully saturated rings. The molecule has 0 aromatic heterocycles. The minimum atomic E-state index is -4.32. The van der Waals surface area contributed by atoms with Crippen molar-refractivity contribution in [3.63, 3.8) is 0 Å². The molecule has 1 atom stereocenters. The summed E-state index contributed by atoms with van der Waals surface area (Å²) in [7, 11) is 1.55. The number of ether oxygens (including phenoxy) is 2. The van der Waals surface area contributed by atoms with Crippen molar-refractivity contribution in [2.75, 3.05) is 20.3 Å². The zero-order chi connectivity index (χ0) is 16.0. The maximum absolute atomic E-state index is 12.0. The Hall–Kier alpha value is -1.31. The third-order valence-corrected chi connectivity index (χ3v) is 3.30. The monoisotopic (exact) mass is 306 g/mol. The first-order valence-corrected chi connectivity index (χ1v) is 6.55. The number of hydrazine groups is 1. The summed E-state index contributed by atoms with van der Waals surface area (Å²) in [5.41, 5.74) is 5.45. The van der Waals surface area contributed by atoms with Crippen LogP contribution in [0.1, 0.15) is 29.2 Å². The predicted molar refractivity (Wildman–Crippen MR) is 74.0 cm³/mol. The van der Waals surface area contributed by atoms with E-state index in [1.54, 1.807) is 7.11 Å². The predicted octanol–water partition coefficient (Wildman–Crippen LogP) is 2.79. The van der Waals surface area contributed by atoms with Crippen molar-refractivity contribution in [3.8, 4) is 5.75 Å². The molecule has 0 saturated carbocycles. The van der Waals surface area contributed by atoms with Crippen LogP contribution in [0.5, 0.6) is 5.75 Å². The molecule has 21 heavy (non-hydrogen) atoms. The smallest absolute Gasteiger partial charge is 0.411 e. The van der Waals surface area contributed by atoms with Crippen LogP contribution in [-0.4, -0.2) is 26.5 Å². The first-order valence-electron chi connectivity index (χ1n) is 6.55. The molecule has 0 aliphatic heterocycles. The molecule has 4 nitrogen and oxygen atoms in total. The number of alkyl halides is 3. The maximum Gasteiger partial charge on any atom is 0.411 e. The lowest BCUT2D eigenvalue weighted by molar-refractivity contribution is -0.174. The molecule has 1 aromatic rings. The molecule has 1 rings (SSSR count). The number of hydrogen-bond donors (Lipinski definition) is 2. The second-order valence-corrected chi connectivity index (χ2v) is 4.81. The van der Waals surface area contributed by atoms with E-state index < -0.39 is 12.8 Å². The van der Waals surface area contributed by atoms with Gasteiger partial charge in [-0.25, -0.2) is 0 Å². The topological polar surface area (TPSA) is 56.5 Å². The Bertz CT molecular complexity index is 464. The molecule has 0 aliphatic rings. The van der Waals surface area contributed by atoms with E-state index in [1.807, 2.05) is 26.0 Å². The van der Waals surface area contributed by atoms with Crippen molar-refractivity contribution in [1.82, 2.24) is 5.43 Å². The van der Waals surface area contributed by atoms with Gasteiger partial charge in [0.05, 0.1) is 13.2 Å². The van der Waals surface area contributed by atoms with E-state index >= 15 is 0 Å². The summed E-state index contributed by atoms with van der Waals surface area (Å²) in [5, 5.41) is 0. The van der Waals surface area contributed by atoms with Crippen LogP contribution < -0.4 is 16.0 Å². The van der Waals surface area contributed by atoms with Crippen LogP contribution >= 0.6 is 0 Å². The van der Waals surface area contributed by atoms with Crippen molar-refractivity contribution < 1.29 is 22.6 Å². The average molecular weight is 306 g/mol. The number of aryl methyl sites for hydroxylation is 1. The van der Waals surface area contributed by atoms with Crippen LogP contribution in [0.3, 0.4) is 0 Å². The Morgan fingerprint density at radius 3 is 2.48 bits per heavy atom. The van der Waals surface area contributed by atoms with E-state index in [2.05, 4.69) is 10.2 Å². The summed E-state index contributed by atoms with van der Waals surface area (Å²) >= 11 is 0. The molecule has 0 amide bonds. The summed E-state index contributed by atoms with van der Waals surface area (Å²) in [6.45, 7) is 2.57. The van der Waals surface area contributed by atoms with Gasteiger partial charge >= 0.3 is 6.18 Å². The normalized spacial score (nSPS) is 13.3. The lowest BCUT2D eigenvalue weighted by Gasteiger charge is -2.21. The highest BCUT2D eigenvalue weighted by molar-refractivity contribution is 5.46. The maximum atomic E-state index is 12.0. The fourth-order valence-corrected chi connectivity index (χ4v) is 2.07. The fraction of sp³-hybridized carbons (Fsp3) is 0.571. The molecule has 120 valence electrons. The van der Waals surface area contributed by atoms with Crippen molar-refractivity contribution in [1.29, 1.82) is 0 Å². The summed E-state index contributed by atoms with van der Waals surface area (Å²) in [6.07, 6.45) is -4.00. The summed E-state index contributed by atoms with van der Waals surface area (Å²) in [6, 6.07) is 3.44. The van der Waals surface area contributed by atoms with E-state index in [0.717, 1.165) is 16.7 Å². The number of nitrogens with one attached hydrogen (secondary N) is 1. The number of nitrogens with two attached hydrogens (primary N) is 1. The number of hydrogen-bond acceptors (Lipinski definition) is 4. The fourth-order valence-electron chi connectivity index (χ4n) is 2.07. The van der Waals surface area contributed by atoms with Crippen LogP contribution in [0.25, 0.3) is 0 Å². The molecule has 1 unspecified atom stereocenters. The van der Waals surface area contributed by atoms with Gasteiger partial charge in [-0.15, -0.1) is 0 Å². The van der Waals surface area contributed by atoms with E-state index in [-0.39, 0.29) is 12.6 Å². The third-order valence-electron chi connectivity index (χ3n) is 3.30. The van der Waals surface area contributed by atoms with E-state index in [4.69, 9.17) is 10.6 Å². The van der Waals surface area contributed by atoms with Crippen LogP contribution in [0.2, 0.25) is 0 Å². The highest BCUT2D eigenvalue weighted by atomic mass is 19.4. The number of benzene rings is 1. The molecule has 0 spiro atoms. The highest BCUT2D eigenvalue weighted by Gasteiger charge is 2.27.